The number of likely N-dealkylation sites (N-methyl/N-ethyl adjacent to an activating group) is 1. The van der Waals surface area contributed by atoms with Crippen LogP contribution in [0.4, 0.5) is 13.2 Å². The molecule has 0 bridgehead atoms. The minimum absolute atomic E-state index is 0.160. The minimum atomic E-state index is -4.48. The van der Waals surface area contributed by atoms with Crippen molar-refractivity contribution in [3.63, 3.8) is 0 Å². The van der Waals surface area contributed by atoms with Crippen LogP contribution in [0.25, 0.3) is 0 Å². The summed E-state index contributed by atoms with van der Waals surface area (Å²) in [5.74, 6) is 0.196. The third kappa shape index (κ3) is 3.60. The van der Waals surface area contributed by atoms with Gasteiger partial charge in [-0.3, -0.25) is 9.48 Å². The first-order valence-electron chi connectivity index (χ1n) is 7.27. The maximum atomic E-state index is 12.5. The van der Waals surface area contributed by atoms with E-state index in [1.807, 2.05) is 14.1 Å². The maximum Gasteiger partial charge on any atom is 0.435 e. The Balaban J connectivity index is 2.00. The first-order valence-corrected chi connectivity index (χ1v) is 7.27. The summed E-state index contributed by atoms with van der Waals surface area (Å²) in [7, 11) is 3.95. The van der Waals surface area contributed by atoms with E-state index < -0.39 is 11.9 Å². The highest BCUT2D eigenvalue weighted by Crippen LogP contribution is 2.27. The number of carbonyl (C=O) groups excluding carboxylic acids is 1. The van der Waals surface area contributed by atoms with Crippen LogP contribution in [0.3, 0.4) is 0 Å². The summed E-state index contributed by atoms with van der Waals surface area (Å²) in [5, 5.41) is 3.42. The standard InChI is InChI=1S/C14H21F3N4O/c1-4-10-7-20(8-11(10)19(2)3)13(22)9-21-6-5-12(18-21)14(15,16)17/h5-6,10-11H,4,7-9H2,1-3H3/t10-,11-/m0/s1. The van der Waals surface area contributed by atoms with Gasteiger partial charge in [-0.15, -0.1) is 0 Å². The number of halogens is 3. The molecule has 1 aromatic rings. The monoisotopic (exact) mass is 318 g/mol. The highest BCUT2D eigenvalue weighted by atomic mass is 19.4. The molecule has 1 aliphatic heterocycles. The van der Waals surface area contributed by atoms with Gasteiger partial charge in [-0.1, -0.05) is 13.3 Å². The molecule has 2 rings (SSSR count). The molecule has 0 N–H and O–H groups in total. The smallest absolute Gasteiger partial charge is 0.339 e. The second-order valence-corrected chi connectivity index (χ2v) is 5.89. The maximum absolute atomic E-state index is 12.5. The van der Waals surface area contributed by atoms with Crippen molar-refractivity contribution >= 4 is 5.91 Å². The second-order valence-electron chi connectivity index (χ2n) is 5.89. The first-order chi connectivity index (χ1) is 10.2. The molecule has 2 atom stereocenters. The molecular weight excluding hydrogens is 297 g/mol. The Morgan fingerprint density at radius 1 is 1.41 bits per heavy atom. The summed E-state index contributed by atoms with van der Waals surface area (Å²) in [5.41, 5.74) is -0.973. The summed E-state index contributed by atoms with van der Waals surface area (Å²) >= 11 is 0. The second kappa shape index (κ2) is 6.28. The van der Waals surface area contributed by atoms with E-state index in [1.54, 1.807) is 4.90 Å². The van der Waals surface area contributed by atoms with Crippen molar-refractivity contribution in [2.24, 2.45) is 5.92 Å². The van der Waals surface area contributed by atoms with E-state index >= 15 is 0 Å². The molecule has 1 fully saturated rings. The molecule has 1 aliphatic rings. The van der Waals surface area contributed by atoms with Gasteiger partial charge in [-0.25, -0.2) is 0 Å². The van der Waals surface area contributed by atoms with Crippen molar-refractivity contribution < 1.29 is 18.0 Å². The van der Waals surface area contributed by atoms with Crippen molar-refractivity contribution in [3.8, 4) is 0 Å². The summed E-state index contributed by atoms with van der Waals surface area (Å²) < 4.78 is 38.6. The van der Waals surface area contributed by atoms with Gasteiger partial charge in [0.2, 0.25) is 5.91 Å². The van der Waals surface area contributed by atoms with Crippen LogP contribution in [0.1, 0.15) is 19.0 Å². The Hall–Kier alpha value is -1.57. The molecule has 1 amide bonds. The summed E-state index contributed by atoms with van der Waals surface area (Å²) in [6.45, 7) is 3.17. The lowest BCUT2D eigenvalue weighted by molar-refractivity contribution is -0.142. The number of carbonyl (C=O) groups is 1. The third-order valence-electron chi connectivity index (χ3n) is 4.18. The molecule has 0 spiro atoms. The zero-order valence-electron chi connectivity index (χ0n) is 13.0. The van der Waals surface area contributed by atoms with Crippen molar-refractivity contribution in [2.45, 2.75) is 32.1 Å². The van der Waals surface area contributed by atoms with Crippen LogP contribution >= 0.6 is 0 Å². The molecule has 0 radical (unpaired) electrons. The number of aromatic nitrogens is 2. The summed E-state index contributed by atoms with van der Waals surface area (Å²) in [6, 6.07) is 1.17. The van der Waals surface area contributed by atoms with E-state index in [1.165, 1.54) is 6.20 Å². The molecule has 2 heterocycles. The molecule has 22 heavy (non-hydrogen) atoms. The third-order valence-corrected chi connectivity index (χ3v) is 4.18. The van der Waals surface area contributed by atoms with E-state index in [4.69, 9.17) is 0 Å². The van der Waals surface area contributed by atoms with Crippen LogP contribution in [0.2, 0.25) is 0 Å². The zero-order chi connectivity index (χ0) is 16.5. The minimum Gasteiger partial charge on any atom is -0.339 e. The molecule has 1 saturated heterocycles. The lowest BCUT2D eigenvalue weighted by atomic mass is 10.0. The van der Waals surface area contributed by atoms with Crippen LogP contribution in [0.5, 0.6) is 0 Å². The van der Waals surface area contributed by atoms with Gasteiger partial charge in [0.05, 0.1) is 0 Å². The largest absolute Gasteiger partial charge is 0.435 e. The fourth-order valence-electron chi connectivity index (χ4n) is 2.88. The van der Waals surface area contributed by atoms with Gasteiger partial charge >= 0.3 is 6.18 Å². The van der Waals surface area contributed by atoms with Gasteiger partial charge in [-0.2, -0.15) is 18.3 Å². The van der Waals surface area contributed by atoms with E-state index in [-0.39, 0.29) is 18.5 Å². The highest BCUT2D eigenvalue weighted by Gasteiger charge is 2.36. The number of hydrogen-bond donors (Lipinski definition) is 0. The van der Waals surface area contributed by atoms with E-state index in [0.29, 0.717) is 19.0 Å². The topological polar surface area (TPSA) is 41.4 Å². The van der Waals surface area contributed by atoms with Crippen LogP contribution in [0, 0.1) is 5.92 Å². The SMILES string of the molecule is CC[C@H]1CN(C(=O)Cn2ccc(C(F)(F)F)n2)C[C@@H]1N(C)C. The van der Waals surface area contributed by atoms with Gasteiger partial charge in [0.1, 0.15) is 6.54 Å². The van der Waals surface area contributed by atoms with Gasteiger partial charge in [0.25, 0.3) is 0 Å². The average Bonchev–Trinajstić information content (AvgIpc) is 3.03. The van der Waals surface area contributed by atoms with E-state index in [9.17, 15) is 18.0 Å². The number of hydrogen-bond acceptors (Lipinski definition) is 3. The van der Waals surface area contributed by atoms with Crippen LogP contribution in [-0.4, -0.2) is 58.7 Å². The van der Waals surface area contributed by atoms with Gasteiger partial charge < -0.3 is 9.80 Å². The number of nitrogens with zero attached hydrogens (tertiary/aromatic N) is 4. The van der Waals surface area contributed by atoms with Gasteiger partial charge in [-0.05, 0) is 26.1 Å². The Labute approximate surface area is 127 Å². The van der Waals surface area contributed by atoms with Crippen molar-refractivity contribution in [3.05, 3.63) is 18.0 Å². The molecule has 0 saturated carbocycles. The molecule has 124 valence electrons. The Kier molecular flexibility index (Phi) is 4.79. The van der Waals surface area contributed by atoms with Crippen LogP contribution < -0.4 is 0 Å². The lowest BCUT2D eigenvalue weighted by Crippen LogP contribution is -2.37. The highest BCUT2D eigenvalue weighted by molar-refractivity contribution is 5.76. The number of amides is 1. The molecular formula is C14H21F3N4O. The van der Waals surface area contributed by atoms with Gasteiger partial charge in [0.15, 0.2) is 5.69 Å². The fraction of sp³-hybridized carbons (Fsp3) is 0.714. The zero-order valence-corrected chi connectivity index (χ0v) is 13.0. The average molecular weight is 318 g/mol. The number of alkyl halides is 3. The Morgan fingerprint density at radius 3 is 2.55 bits per heavy atom. The van der Waals surface area contributed by atoms with E-state index in [0.717, 1.165) is 17.2 Å². The fourth-order valence-corrected chi connectivity index (χ4v) is 2.88. The Bertz CT molecular complexity index is 526. The summed E-state index contributed by atoms with van der Waals surface area (Å²) in [6.07, 6.45) is -2.32. The lowest BCUT2D eigenvalue weighted by Gasteiger charge is -2.23. The predicted molar refractivity (Wildman–Crippen MR) is 75.1 cm³/mol. The van der Waals surface area contributed by atoms with Crippen molar-refractivity contribution in [2.75, 3.05) is 27.2 Å². The quantitative estimate of drug-likeness (QED) is 0.848. The number of rotatable bonds is 4. The molecule has 5 nitrogen and oxygen atoms in total. The van der Waals surface area contributed by atoms with Crippen LogP contribution in [0.15, 0.2) is 12.3 Å². The van der Waals surface area contributed by atoms with Crippen molar-refractivity contribution in [1.82, 2.24) is 19.6 Å². The van der Waals surface area contributed by atoms with E-state index in [2.05, 4.69) is 16.9 Å². The first kappa shape index (κ1) is 16.8. The molecule has 0 aromatic carbocycles. The van der Waals surface area contributed by atoms with Crippen LogP contribution in [-0.2, 0) is 17.5 Å². The molecule has 0 unspecified atom stereocenters. The van der Waals surface area contributed by atoms with Crippen molar-refractivity contribution in [1.29, 1.82) is 0 Å². The molecule has 1 aromatic heterocycles. The molecule has 0 aliphatic carbocycles. The predicted octanol–water partition coefficient (Wildman–Crippen LogP) is 1.70. The Morgan fingerprint density at radius 2 is 2.09 bits per heavy atom. The normalized spacial score (nSPS) is 22.6. The molecule has 8 heteroatoms. The van der Waals surface area contributed by atoms with Gasteiger partial charge in [0, 0.05) is 25.3 Å². The summed E-state index contributed by atoms with van der Waals surface area (Å²) in [4.78, 5) is 16.1. The number of likely N-dealkylation sites (tertiary alicyclic amines) is 1.